The highest BCUT2D eigenvalue weighted by atomic mass is 16.5. The van der Waals surface area contributed by atoms with E-state index in [2.05, 4.69) is 10.6 Å². The molecular weight excluding hydrogens is 316 g/mol. The van der Waals surface area contributed by atoms with E-state index in [4.69, 9.17) is 4.74 Å². The van der Waals surface area contributed by atoms with Gasteiger partial charge in [0.2, 0.25) is 0 Å². The number of aliphatic hydroxyl groups is 1. The molecule has 0 bridgehead atoms. The van der Waals surface area contributed by atoms with Gasteiger partial charge in [0.05, 0.1) is 18.8 Å². The van der Waals surface area contributed by atoms with Crippen LogP contribution in [0.2, 0.25) is 0 Å². The Morgan fingerprint density at radius 2 is 1.80 bits per heavy atom. The number of nitrogens with one attached hydrogen (secondary N) is 2. The van der Waals surface area contributed by atoms with Crippen molar-refractivity contribution >= 4 is 11.7 Å². The van der Waals surface area contributed by atoms with Crippen LogP contribution in [0.25, 0.3) is 0 Å². The number of hydrogen-bond donors (Lipinski definition) is 3. The summed E-state index contributed by atoms with van der Waals surface area (Å²) in [7, 11) is 0. The van der Waals surface area contributed by atoms with Crippen LogP contribution in [0.4, 0.5) is 10.5 Å². The molecule has 2 aromatic rings. The fraction of sp³-hybridized carbons (Fsp3) is 0.350. The molecule has 0 aliphatic heterocycles. The smallest absolute Gasteiger partial charge is 0.319 e. The highest BCUT2D eigenvalue weighted by Crippen LogP contribution is 2.12. The first kappa shape index (κ1) is 19.0. The molecule has 0 saturated heterocycles. The van der Waals surface area contributed by atoms with Crippen molar-refractivity contribution < 1.29 is 14.6 Å². The summed E-state index contributed by atoms with van der Waals surface area (Å²) in [6.45, 7) is 4.66. The van der Waals surface area contributed by atoms with Crippen LogP contribution < -0.4 is 10.6 Å². The number of aliphatic hydroxyl groups excluding tert-OH is 1. The van der Waals surface area contributed by atoms with Gasteiger partial charge in [-0.3, -0.25) is 0 Å². The van der Waals surface area contributed by atoms with E-state index in [1.54, 1.807) is 0 Å². The highest BCUT2D eigenvalue weighted by Gasteiger charge is 2.08. The number of hydrogen-bond acceptors (Lipinski definition) is 3. The molecule has 0 spiro atoms. The number of anilines is 1. The molecule has 2 rings (SSSR count). The van der Waals surface area contributed by atoms with E-state index in [1.807, 2.05) is 68.4 Å². The van der Waals surface area contributed by atoms with Crippen LogP contribution >= 0.6 is 0 Å². The molecule has 0 fully saturated rings. The van der Waals surface area contributed by atoms with Gasteiger partial charge in [0, 0.05) is 18.7 Å². The first-order valence-corrected chi connectivity index (χ1v) is 8.50. The molecular formula is C20H26N2O3. The molecule has 1 unspecified atom stereocenters. The minimum Gasteiger partial charge on any atom is -0.391 e. The SMILES string of the molecule is CC(C)OCc1cccc(NC(=O)NCC(O)Cc2ccccc2)c1. The standard InChI is InChI=1S/C20H26N2O3/c1-15(2)25-14-17-9-6-10-18(11-17)22-20(24)21-13-19(23)12-16-7-4-3-5-8-16/h3-11,15,19,23H,12-14H2,1-2H3,(H2,21,22,24). The van der Waals surface area contributed by atoms with Gasteiger partial charge in [0.1, 0.15) is 0 Å². The number of ether oxygens (including phenoxy) is 1. The summed E-state index contributed by atoms with van der Waals surface area (Å²) in [5.74, 6) is 0. The lowest BCUT2D eigenvalue weighted by molar-refractivity contribution is 0.0657. The largest absolute Gasteiger partial charge is 0.391 e. The van der Waals surface area contributed by atoms with E-state index in [9.17, 15) is 9.90 Å². The summed E-state index contributed by atoms with van der Waals surface area (Å²) in [5, 5.41) is 15.5. The van der Waals surface area contributed by atoms with E-state index in [1.165, 1.54) is 0 Å². The second kappa shape index (κ2) is 9.81. The maximum absolute atomic E-state index is 12.0. The Morgan fingerprint density at radius 3 is 2.52 bits per heavy atom. The Balaban J connectivity index is 1.77. The minimum absolute atomic E-state index is 0.158. The highest BCUT2D eigenvalue weighted by molar-refractivity contribution is 5.89. The van der Waals surface area contributed by atoms with Gasteiger partial charge in [-0.25, -0.2) is 4.79 Å². The molecule has 1 atom stereocenters. The Labute approximate surface area is 149 Å². The normalized spacial score (nSPS) is 12.0. The predicted octanol–water partition coefficient (Wildman–Crippen LogP) is 3.34. The molecule has 0 aromatic heterocycles. The molecule has 2 amide bonds. The molecule has 25 heavy (non-hydrogen) atoms. The lowest BCUT2D eigenvalue weighted by Gasteiger charge is -2.13. The predicted molar refractivity (Wildman–Crippen MR) is 99.5 cm³/mol. The third-order valence-electron chi connectivity index (χ3n) is 3.58. The summed E-state index contributed by atoms with van der Waals surface area (Å²) < 4.78 is 5.56. The molecule has 0 heterocycles. The van der Waals surface area contributed by atoms with Crippen LogP contribution in [-0.2, 0) is 17.8 Å². The molecule has 0 aliphatic rings. The lowest BCUT2D eigenvalue weighted by Crippen LogP contribution is -2.36. The van der Waals surface area contributed by atoms with Gasteiger partial charge >= 0.3 is 6.03 Å². The summed E-state index contributed by atoms with van der Waals surface area (Å²) in [6, 6.07) is 16.9. The summed E-state index contributed by atoms with van der Waals surface area (Å²) >= 11 is 0. The molecule has 5 nitrogen and oxygen atoms in total. The van der Waals surface area contributed by atoms with Gasteiger partial charge in [-0.1, -0.05) is 42.5 Å². The maximum Gasteiger partial charge on any atom is 0.319 e. The average Bonchev–Trinajstić information content (AvgIpc) is 2.59. The maximum atomic E-state index is 12.0. The molecule has 0 radical (unpaired) electrons. The van der Waals surface area contributed by atoms with Crippen molar-refractivity contribution in [3.63, 3.8) is 0 Å². The number of benzene rings is 2. The number of carbonyl (C=O) groups excluding carboxylic acids is 1. The van der Waals surface area contributed by atoms with Crippen molar-refractivity contribution in [2.24, 2.45) is 0 Å². The van der Waals surface area contributed by atoms with Crippen LogP contribution in [0, 0.1) is 0 Å². The van der Waals surface area contributed by atoms with Crippen LogP contribution in [-0.4, -0.2) is 29.9 Å². The van der Waals surface area contributed by atoms with Crippen LogP contribution in [0.1, 0.15) is 25.0 Å². The fourth-order valence-electron chi connectivity index (χ4n) is 2.35. The third-order valence-corrected chi connectivity index (χ3v) is 3.58. The van der Waals surface area contributed by atoms with Gasteiger partial charge in [0.15, 0.2) is 0 Å². The van der Waals surface area contributed by atoms with E-state index < -0.39 is 6.10 Å². The van der Waals surface area contributed by atoms with Crippen molar-refractivity contribution in [1.82, 2.24) is 5.32 Å². The number of amides is 2. The third kappa shape index (κ3) is 7.37. The van der Waals surface area contributed by atoms with E-state index >= 15 is 0 Å². The molecule has 5 heteroatoms. The van der Waals surface area contributed by atoms with Crippen molar-refractivity contribution in [2.45, 2.75) is 39.1 Å². The van der Waals surface area contributed by atoms with Crippen molar-refractivity contribution in [1.29, 1.82) is 0 Å². The molecule has 134 valence electrons. The molecule has 0 aliphatic carbocycles. The zero-order valence-corrected chi connectivity index (χ0v) is 14.7. The van der Waals surface area contributed by atoms with Gasteiger partial charge in [-0.2, -0.15) is 0 Å². The van der Waals surface area contributed by atoms with Gasteiger partial charge in [-0.15, -0.1) is 0 Å². The van der Waals surface area contributed by atoms with Gasteiger partial charge in [-0.05, 0) is 37.1 Å². The molecule has 2 aromatic carbocycles. The van der Waals surface area contributed by atoms with Crippen LogP contribution in [0.15, 0.2) is 54.6 Å². The Bertz CT molecular complexity index is 659. The monoisotopic (exact) mass is 342 g/mol. The molecule has 3 N–H and O–H groups in total. The van der Waals surface area contributed by atoms with Crippen LogP contribution in [0.3, 0.4) is 0 Å². The Hall–Kier alpha value is -2.37. The lowest BCUT2D eigenvalue weighted by atomic mass is 10.1. The van der Waals surface area contributed by atoms with Gasteiger partial charge in [0.25, 0.3) is 0 Å². The van der Waals surface area contributed by atoms with Gasteiger partial charge < -0.3 is 20.5 Å². The first-order valence-electron chi connectivity index (χ1n) is 8.50. The molecule has 0 saturated carbocycles. The zero-order valence-electron chi connectivity index (χ0n) is 14.7. The van der Waals surface area contributed by atoms with Crippen molar-refractivity contribution in [3.8, 4) is 0 Å². The minimum atomic E-state index is -0.626. The second-order valence-electron chi connectivity index (χ2n) is 6.24. The second-order valence-corrected chi connectivity index (χ2v) is 6.24. The van der Waals surface area contributed by atoms with E-state index in [0.717, 1.165) is 11.1 Å². The first-order chi connectivity index (χ1) is 12.0. The number of rotatable bonds is 8. The number of carbonyl (C=O) groups is 1. The topological polar surface area (TPSA) is 70.6 Å². The number of urea groups is 1. The summed E-state index contributed by atoms with van der Waals surface area (Å²) in [5.41, 5.74) is 2.73. The van der Waals surface area contributed by atoms with Crippen molar-refractivity contribution in [3.05, 3.63) is 65.7 Å². The van der Waals surface area contributed by atoms with E-state index in [0.29, 0.717) is 18.7 Å². The Morgan fingerprint density at radius 1 is 1.08 bits per heavy atom. The Kier molecular flexibility index (Phi) is 7.44. The van der Waals surface area contributed by atoms with Crippen LogP contribution in [0.5, 0.6) is 0 Å². The van der Waals surface area contributed by atoms with Crippen molar-refractivity contribution in [2.75, 3.05) is 11.9 Å². The fourth-order valence-corrected chi connectivity index (χ4v) is 2.35. The quantitative estimate of drug-likeness (QED) is 0.689. The summed E-state index contributed by atoms with van der Waals surface area (Å²) in [4.78, 5) is 12.0. The summed E-state index contributed by atoms with van der Waals surface area (Å²) in [6.07, 6.45) is 0.0355. The zero-order chi connectivity index (χ0) is 18.1. The van der Waals surface area contributed by atoms with E-state index in [-0.39, 0.29) is 18.7 Å². The average molecular weight is 342 g/mol.